The fourth-order valence-electron chi connectivity index (χ4n) is 7.52. The third-order valence-electron chi connectivity index (χ3n) is 9.87. The zero-order chi connectivity index (χ0) is 34.0. The fraction of sp³-hybridized carbons (Fsp3) is 0. The predicted molar refractivity (Wildman–Crippen MR) is 218 cm³/mol. The maximum Gasteiger partial charge on any atom is 0.0546 e. The Labute approximate surface area is 299 Å². The third-order valence-corrected chi connectivity index (χ3v) is 9.87. The van der Waals surface area contributed by atoms with E-state index in [1.54, 1.807) is 0 Å². The molecule has 1 nitrogen and oxygen atoms in total. The maximum atomic E-state index is 2.47. The van der Waals surface area contributed by atoms with Gasteiger partial charge in [0.25, 0.3) is 0 Å². The number of anilines is 3. The van der Waals surface area contributed by atoms with Crippen molar-refractivity contribution in [2.45, 2.75) is 0 Å². The van der Waals surface area contributed by atoms with Crippen LogP contribution in [0.2, 0.25) is 0 Å². The van der Waals surface area contributed by atoms with Crippen molar-refractivity contribution in [3.8, 4) is 44.5 Å². The summed E-state index contributed by atoms with van der Waals surface area (Å²) in [5.74, 6) is 0. The van der Waals surface area contributed by atoms with Gasteiger partial charge in [0.05, 0.1) is 11.4 Å². The van der Waals surface area contributed by atoms with Gasteiger partial charge in [-0.3, -0.25) is 0 Å². The van der Waals surface area contributed by atoms with Crippen LogP contribution < -0.4 is 4.90 Å². The summed E-state index contributed by atoms with van der Waals surface area (Å²) in [6.45, 7) is 0. The Morgan fingerprint density at radius 1 is 0.275 bits per heavy atom. The molecule has 9 aromatic rings. The Bertz CT molecular complexity index is 2620. The number of hydrogen-bond acceptors (Lipinski definition) is 1. The molecule has 0 aliphatic rings. The molecule has 0 aliphatic carbocycles. The van der Waals surface area contributed by atoms with Crippen LogP contribution >= 0.6 is 0 Å². The van der Waals surface area contributed by atoms with Crippen LogP contribution in [0.3, 0.4) is 0 Å². The van der Waals surface area contributed by atoms with Crippen LogP contribution in [0, 0.1) is 0 Å². The van der Waals surface area contributed by atoms with E-state index in [1.807, 2.05) is 0 Å². The van der Waals surface area contributed by atoms with Gasteiger partial charge in [-0.15, -0.1) is 0 Å². The Morgan fingerprint density at radius 2 is 0.765 bits per heavy atom. The predicted octanol–water partition coefficient (Wildman–Crippen LogP) is 14.1. The van der Waals surface area contributed by atoms with Gasteiger partial charge in [-0.1, -0.05) is 188 Å². The molecule has 0 saturated carbocycles. The summed E-state index contributed by atoms with van der Waals surface area (Å²) in [7, 11) is 0. The second kappa shape index (κ2) is 13.3. The molecule has 0 bridgehead atoms. The Hall–Kier alpha value is -6.70. The second-order valence-electron chi connectivity index (χ2n) is 12.9. The Morgan fingerprint density at radius 3 is 1.49 bits per heavy atom. The minimum absolute atomic E-state index is 1.10. The van der Waals surface area contributed by atoms with Gasteiger partial charge in [-0.05, 0) is 79.2 Å². The van der Waals surface area contributed by atoms with Gasteiger partial charge in [0.15, 0.2) is 0 Å². The molecular weight excluding hydrogens is 615 g/mol. The summed E-state index contributed by atoms with van der Waals surface area (Å²) in [4.78, 5) is 2.47. The van der Waals surface area contributed by atoms with Crippen molar-refractivity contribution in [2.24, 2.45) is 0 Å². The van der Waals surface area contributed by atoms with Gasteiger partial charge in [0.1, 0.15) is 0 Å². The number of fused-ring (bicyclic) bond motifs is 3. The summed E-state index contributed by atoms with van der Waals surface area (Å²) >= 11 is 0. The highest BCUT2D eigenvalue weighted by atomic mass is 15.1. The second-order valence-corrected chi connectivity index (χ2v) is 12.9. The molecule has 0 fully saturated rings. The lowest BCUT2D eigenvalue weighted by molar-refractivity contribution is 1.29. The minimum atomic E-state index is 1.10. The number of hydrogen-bond donors (Lipinski definition) is 0. The quantitative estimate of drug-likeness (QED) is 0.155. The van der Waals surface area contributed by atoms with Gasteiger partial charge in [-0.25, -0.2) is 0 Å². The Balaban J connectivity index is 1.38. The molecule has 0 aliphatic heterocycles. The first kappa shape index (κ1) is 30.4. The molecule has 0 unspecified atom stereocenters. The molecule has 0 atom stereocenters. The molecular formula is C50H35N. The van der Waals surface area contributed by atoms with E-state index in [9.17, 15) is 0 Å². The zero-order valence-electron chi connectivity index (χ0n) is 28.2. The zero-order valence-corrected chi connectivity index (χ0v) is 28.2. The van der Waals surface area contributed by atoms with Crippen molar-refractivity contribution in [3.63, 3.8) is 0 Å². The first-order valence-electron chi connectivity index (χ1n) is 17.5. The van der Waals surface area contributed by atoms with E-state index in [0.717, 1.165) is 17.1 Å². The van der Waals surface area contributed by atoms with Crippen LogP contribution in [-0.2, 0) is 0 Å². The van der Waals surface area contributed by atoms with Crippen LogP contribution in [0.25, 0.3) is 66.1 Å². The summed E-state index contributed by atoms with van der Waals surface area (Å²) in [6, 6.07) is 76.7. The molecule has 0 spiro atoms. The molecule has 0 aromatic heterocycles. The number of benzene rings is 9. The van der Waals surface area contributed by atoms with Gasteiger partial charge >= 0.3 is 0 Å². The monoisotopic (exact) mass is 649 g/mol. The molecule has 0 N–H and O–H groups in total. The minimum Gasteiger partial charge on any atom is -0.309 e. The molecule has 9 rings (SSSR count). The first-order chi connectivity index (χ1) is 25.3. The van der Waals surface area contributed by atoms with Crippen molar-refractivity contribution in [2.75, 3.05) is 4.90 Å². The van der Waals surface area contributed by atoms with Crippen LogP contribution in [-0.4, -0.2) is 0 Å². The summed E-state index contributed by atoms with van der Waals surface area (Å²) < 4.78 is 0. The highest BCUT2D eigenvalue weighted by Crippen LogP contribution is 2.50. The van der Waals surface area contributed by atoms with Gasteiger partial charge in [0, 0.05) is 16.8 Å². The molecule has 0 saturated heterocycles. The normalized spacial score (nSPS) is 11.1. The topological polar surface area (TPSA) is 3.24 Å². The summed E-state index contributed by atoms with van der Waals surface area (Å²) in [5.41, 5.74) is 12.8. The smallest absolute Gasteiger partial charge is 0.0546 e. The van der Waals surface area contributed by atoms with Crippen LogP contribution in [0.4, 0.5) is 17.1 Å². The van der Waals surface area contributed by atoms with E-state index in [0.29, 0.717) is 0 Å². The lowest BCUT2D eigenvalue weighted by Gasteiger charge is -2.31. The molecule has 0 radical (unpaired) electrons. The molecule has 240 valence electrons. The summed E-state index contributed by atoms with van der Waals surface area (Å²) in [6.07, 6.45) is 0. The van der Waals surface area contributed by atoms with Crippen molar-refractivity contribution >= 4 is 38.6 Å². The van der Waals surface area contributed by atoms with Crippen molar-refractivity contribution in [1.29, 1.82) is 0 Å². The largest absolute Gasteiger partial charge is 0.309 e. The van der Waals surface area contributed by atoms with E-state index >= 15 is 0 Å². The third kappa shape index (κ3) is 5.65. The number of rotatable bonds is 7. The highest BCUT2D eigenvalue weighted by molar-refractivity contribution is 6.09. The maximum absolute atomic E-state index is 2.47. The number of nitrogens with zero attached hydrogens (tertiary/aromatic N) is 1. The molecule has 1 heteroatoms. The Kier molecular flexibility index (Phi) is 7.92. The molecule has 0 amide bonds. The van der Waals surface area contributed by atoms with Crippen molar-refractivity contribution < 1.29 is 0 Å². The first-order valence-corrected chi connectivity index (χ1v) is 17.5. The van der Waals surface area contributed by atoms with E-state index in [2.05, 4.69) is 217 Å². The van der Waals surface area contributed by atoms with E-state index in [4.69, 9.17) is 0 Å². The van der Waals surface area contributed by atoms with E-state index < -0.39 is 0 Å². The lowest BCUT2D eigenvalue weighted by Crippen LogP contribution is -2.13. The average molecular weight is 650 g/mol. The summed E-state index contributed by atoms with van der Waals surface area (Å²) in [5, 5.41) is 4.97. The lowest BCUT2D eigenvalue weighted by atomic mass is 9.87. The van der Waals surface area contributed by atoms with E-state index in [1.165, 1.54) is 66.1 Å². The van der Waals surface area contributed by atoms with Crippen LogP contribution in [0.5, 0.6) is 0 Å². The van der Waals surface area contributed by atoms with E-state index in [-0.39, 0.29) is 0 Å². The van der Waals surface area contributed by atoms with Gasteiger partial charge in [-0.2, -0.15) is 0 Å². The highest BCUT2D eigenvalue weighted by Gasteiger charge is 2.24. The van der Waals surface area contributed by atoms with Crippen LogP contribution in [0.1, 0.15) is 0 Å². The average Bonchev–Trinajstić information content (AvgIpc) is 3.22. The van der Waals surface area contributed by atoms with Gasteiger partial charge in [0.2, 0.25) is 0 Å². The van der Waals surface area contributed by atoms with Gasteiger partial charge < -0.3 is 4.90 Å². The molecule has 0 heterocycles. The van der Waals surface area contributed by atoms with Crippen molar-refractivity contribution in [3.05, 3.63) is 212 Å². The van der Waals surface area contributed by atoms with Crippen LogP contribution in [0.15, 0.2) is 212 Å². The molecule has 9 aromatic carbocycles. The SMILES string of the molecule is c1ccc(-c2ccccc2-c2c(-c3ccccc3)cccc2N(c2ccc3c(ccc4ccccc43)c2)c2ccccc2-c2ccccc2)cc1. The fourth-order valence-corrected chi connectivity index (χ4v) is 7.52. The molecule has 51 heavy (non-hydrogen) atoms. The number of para-hydroxylation sites is 1. The standard InChI is InChI=1S/C50H35N/c1-4-17-36(18-5-1)43-25-12-13-27-47(43)50-46(38-21-8-3-9-22-38)28-16-30-49(50)51(48-29-15-14-26-45(48)37-19-6-2-7-20-37)41-33-34-44-40(35-41)32-31-39-23-10-11-24-42(39)44/h1-35H. The van der Waals surface area contributed by atoms with Crippen molar-refractivity contribution in [1.82, 2.24) is 0 Å².